The zero-order valence-electron chi connectivity index (χ0n) is 38.0. The van der Waals surface area contributed by atoms with Gasteiger partial charge in [0, 0.05) is 39.4 Å². The van der Waals surface area contributed by atoms with Crippen molar-refractivity contribution in [3.8, 4) is 0 Å². The van der Waals surface area contributed by atoms with E-state index in [-0.39, 0.29) is 51.3 Å². The third-order valence-corrected chi connectivity index (χ3v) is 11.9. The zero-order valence-corrected chi connectivity index (χ0v) is 38.0. The summed E-state index contributed by atoms with van der Waals surface area (Å²) in [5, 5.41) is 144. The number of hydrogen-bond acceptors (Lipinski definition) is 25. The maximum atomic E-state index is 13.5. The highest BCUT2D eigenvalue weighted by molar-refractivity contribution is 5.88. The standard InChI is InChI=1S/C40H70N4O25/c1-16-24(50)28(54)31(57)37(65-16)62-11-9-42-22(48)8-7-17(44-23(49)6-4-3-5-21(47)41-2)36(61)43-10-12-63-39-34(60)35(69-40-33(59)30(56)26(52)19(14-46)67-40)27(53)20(68-39)15-64-38-32(58)29(55)25(51)18(13-45)66-38/h16-20,24-35,37-40,45-46,50-60H,3-15H2,1-2H3,(H,41,47)(H,42,48)(H,43,61)(H,44,49)/t16-,17-,18+,19+,20+,24+,25+,26+,27+,28+,29-,30-,31-,32-,33-,34-,35-,37+,38-,39-,40+/m0/s1. The van der Waals surface area contributed by atoms with Gasteiger partial charge < -0.3 is 126 Å². The van der Waals surface area contributed by atoms with Crippen molar-refractivity contribution in [1.29, 1.82) is 0 Å². The van der Waals surface area contributed by atoms with Gasteiger partial charge in [-0.15, -0.1) is 0 Å². The first kappa shape index (κ1) is 58.6. The van der Waals surface area contributed by atoms with Crippen molar-refractivity contribution in [2.45, 2.75) is 174 Å². The minimum atomic E-state index is -1.98. The Balaban J connectivity index is 1.38. The SMILES string of the molecule is CNC(=O)CCCCC(=O)N[C@@H](CCC(=O)NCCO[C@@H]1O[C@@H](C)[C@@H](O)[C@@H](O)[C@@H]1O)C(=O)NCCO[C@H]1O[C@H](CO[C@H]2O[C@H](CO)[C@@H](O)[C@H](O)[C@@H]2O)[C@@H](O)[C@H](O[C@H]2O[C@H](CO)[C@@H](O)[C@H](O)[C@@H]2O)[C@@H]1O. The Hall–Kier alpha value is -2.96. The van der Waals surface area contributed by atoms with Crippen LogP contribution in [0, 0.1) is 0 Å². The predicted molar refractivity (Wildman–Crippen MR) is 223 cm³/mol. The number of nitrogens with one attached hydrogen (secondary N) is 4. The van der Waals surface area contributed by atoms with E-state index in [0.717, 1.165) is 0 Å². The molecule has 400 valence electrons. The third kappa shape index (κ3) is 16.3. The quantitative estimate of drug-likeness (QED) is 0.0378. The van der Waals surface area contributed by atoms with Crippen molar-refractivity contribution in [2.24, 2.45) is 0 Å². The minimum absolute atomic E-state index is 0.0662. The summed E-state index contributed by atoms with van der Waals surface area (Å²) in [5.74, 6) is -2.13. The van der Waals surface area contributed by atoms with E-state index in [1.165, 1.54) is 14.0 Å². The Morgan fingerprint density at radius 1 is 0.522 bits per heavy atom. The van der Waals surface area contributed by atoms with Crippen LogP contribution in [0.1, 0.15) is 45.4 Å². The second-order valence-electron chi connectivity index (χ2n) is 17.0. The van der Waals surface area contributed by atoms with Gasteiger partial charge in [-0.05, 0) is 26.2 Å². The van der Waals surface area contributed by atoms with Crippen molar-refractivity contribution < 1.29 is 123 Å². The number of ether oxygens (including phenoxy) is 8. The minimum Gasteiger partial charge on any atom is -0.394 e. The van der Waals surface area contributed by atoms with E-state index < -0.39 is 173 Å². The van der Waals surface area contributed by atoms with Crippen molar-refractivity contribution >= 4 is 23.6 Å². The van der Waals surface area contributed by atoms with Crippen molar-refractivity contribution in [2.75, 3.05) is 53.2 Å². The second kappa shape index (κ2) is 28.3. The van der Waals surface area contributed by atoms with Gasteiger partial charge in [0.2, 0.25) is 23.6 Å². The van der Waals surface area contributed by atoms with Crippen LogP contribution in [0.15, 0.2) is 0 Å². The van der Waals surface area contributed by atoms with Crippen molar-refractivity contribution in [3.05, 3.63) is 0 Å². The molecule has 4 saturated heterocycles. The maximum Gasteiger partial charge on any atom is 0.242 e. The molecule has 4 amide bonds. The molecule has 29 nitrogen and oxygen atoms in total. The summed E-state index contributed by atoms with van der Waals surface area (Å²) in [6.45, 7) is -1.93. The molecule has 0 bridgehead atoms. The molecule has 4 fully saturated rings. The van der Waals surface area contributed by atoms with Crippen LogP contribution < -0.4 is 21.3 Å². The Morgan fingerprint density at radius 3 is 1.59 bits per heavy atom. The lowest BCUT2D eigenvalue weighted by Crippen LogP contribution is -2.65. The second-order valence-corrected chi connectivity index (χ2v) is 17.0. The molecule has 0 aromatic rings. The first-order valence-electron chi connectivity index (χ1n) is 22.6. The summed E-state index contributed by atoms with van der Waals surface area (Å²) < 4.78 is 44.2. The van der Waals surface area contributed by atoms with Crippen LogP contribution in [0.2, 0.25) is 0 Å². The van der Waals surface area contributed by atoms with Crippen LogP contribution in [0.25, 0.3) is 0 Å². The summed E-state index contributed by atoms with van der Waals surface area (Å²) in [7, 11) is 1.47. The van der Waals surface area contributed by atoms with Crippen molar-refractivity contribution in [3.63, 3.8) is 0 Å². The van der Waals surface area contributed by atoms with Crippen LogP contribution in [-0.2, 0) is 57.1 Å². The molecule has 0 aromatic carbocycles. The Kier molecular flexibility index (Phi) is 24.1. The van der Waals surface area contributed by atoms with Gasteiger partial charge in [0.1, 0.15) is 97.6 Å². The fraction of sp³-hybridized carbons (Fsp3) is 0.900. The van der Waals surface area contributed by atoms with Gasteiger partial charge in [0.05, 0.1) is 39.1 Å². The van der Waals surface area contributed by atoms with Crippen LogP contribution in [-0.4, -0.2) is 272 Å². The average molecular weight is 1010 g/mol. The van der Waals surface area contributed by atoms with Gasteiger partial charge in [0.25, 0.3) is 0 Å². The zero-order chi connectivity index (χ0) is 51.1. The molecule has 4 rings (SSSR count). The first-order chi connectivity index (χ1) is 32.7. The normalized spacial score (nSPS) is 38.7. The van der Waals surface area contributed by atoms with Crippen molar-refractivity contribution in [1.82, 2.24) is 21.3 Å². The maximum absolute atomic E-state index is 13.5. The van der Waals surface area contributed by atoms with Gasteiger partial charge in [-0.1, -0.05) is 0 Å². The number of carbonyl (C=O) groups is 4. The fourth-order valence-corrected chi connectivity index (χ4v) is 7.65. The van der Waals surface area contributed by atoms with Crippen LogP contribution in [0.5, 0.6) is 0 Å². The Labute approximate surface area is 395 Å². The van der Waals surface area contributed by atoms with Crippen LogP contribution in [0.4, 0.5) is 0 Å². The molecule has 0 radical (unpaired) electrons. The molecule has 4 heterocycles. The van der Waals surface area contributed by atoms with Crippen LogP contribution in [0.3, 0.4) is 0 Å². The average Bonchev–Trinajstić information content (AvgIpc) is 3.33. The largest absolute Gasteiger partial charge is 0.394 e. The number of hydrogen-bond donors (Lipinski definition) is 17. The van der Waals surface area contributed by atoms with Gasteiger partial charge in [-0.3, -0.25) is 19.2 Å². The van der Waals surface area contributed by atoms with Gasteiger partial charge >= 0.3 is 0 Å². The predicted octanol–water partition coefficient (Wildman–Crippen LogP) is -9.90. The number of aliphatic hydroxyl groups is 13. The first-order valence-corrected chi connectivity index (χ1v) is 22.6. The van der Waals surface area contributed by atoms with Crippen LogP contribution >= 0.6 is 0 Å². The molecule has 29 heteroatoms. The molecule has 17 N–H and O–H groups in total. The summed E-state index contributed by atoms with van der Waals surface area (Å²) in [5.41, 5.74) is 0. The summed E-state index contributed by atoms with van der Waals surface area (Å²) in [6.07, 6.45) is -32.8. The molecule has 0 saturated carbocycles. The monoisotopic (exact) mass is 1010 g/mol. The van der Waals surface area contributed by atoms with E-state index in [0.29, 0.717) is 12.8 Å². The lowest BCUT2D eigenvalue weighted by molar-refractivity contribution is -0.366. The van der Waals surface area contributed by atoms with E-state index in [9.17, 15) is 85.6 Å². The van der Waals surface area contributed by atoms with Gasteiger partial charge in [-0.25, -0.2) is 0 Å². The smallest absolute Gasteiger partial charge is 0.242 e. The van der Waals surface area contributed by atoms with E-state index in [1.54, 1.807) is 0 Å². The topological polar surface area (TPSA) is 453 Å². The number of rotatable bonds is 25. The van der Waals surface area contributed by atoms with Gasteiger partial charge in [-0.2, -0.15) is 0 Å². The molecule has 0 aliphatic carbocycles. The summed E-state index contributed by atoms with van der Waals surface area (Å²) >= 11 is 0. The molecular weight excluding hydrogens is 936 g/mol. The third-order valence-electron chi connectivity index (χ3n) is 11.9. The molecule has 4 aliphatic rings. The molecule has 69 heavy (non-hydrogen) atoms. The Bertz CT molecular complexity index is 1590. The molecule has 21 atom stereocenters. The van der Waals surface area contributed by atoms with Gasteiger partial charge in [0.15, 0.2) is 25.2 Å². The fourth-order valence-electron chi connectivity index (χ4n) is 7.65. The number of aliphatic hydroxyl groups excluding tert-OH is 13. The van der Waals surface area contributed by atoms with E-state index in [1.807, 2.05) is 0 Å². The van der Waals surface area contributed by atoms with E-state index in [4.69, 9.17) is 37.9 Å². The summed E-state index contributed by atoms with van der Waals surface area (Å²) in [6, 6.07) is -1.29. The highest BCUT2D eigenvalue weighted by Gasteiger charge is 2.52. The summed E-state index contributed by atoms with van der Waals surface area (Å²) in [4.78, 5) is 50.7. The number of unbranched alkanes of at least 4 members (excludes halogenated alkanes) is 1. The Morgan fingerprint density at radius 2 is 1.01 bits per heavy atom. The number of amides is 4. The van der Waals surface area contributed by atoms with E-state index >= 15 is 0 Å². The van der Waals surface area contributed by atoms with E-state index in [2.05, 4.69) is 21.3 Å². The number of carbonyl (C=O) groups excluding carboxylic acids is 4. The molecule has 0 unspecified atom stereocenters. The lowest BCUT2D eigenvalue weighted by atomic mass is 9.96. The lowest BCUT2D eigenvalue weighted by Gasteiger charge is -2.46. The highest BCUT2D eigenvalue weighted by atomic mass is 16.8. The molecule has 4 aliphatic heterocycles. The highest BCUT2D eigenvalue weighted by Crippen LogP contribution is 2.31. The molecular formula is C40H70N4O25. The molecule has 0 spiro atoms. The molecule has 0 aromatic heterocycles.